The highest BCUT2D eigenvalue weighted by atomic mass is 16.5. The SMILES string of the molecule is COCCNC(=O)c1ccc(-c2nc(NCc3ccccn3)c3c(-c4ccccc4)cccc3n2)cc1. The van der Waals surface area contributed by atoms with Gasteiger partial charge in [0.15, 0.2) is 5.82 Å². The number of hydrogen-bond donors (Lipinski definition) is 2. The van der Waals surface area contributed by atoms with Crippen LogP contribution in [-0.2, 0) is 11.3 Å². The Hall–Kier alpha value is -4.62. The van der Waals surface area contributed by atoms with Gasteiger partial charge < -0.3 is 15.4 Å². The highest BCUT2D eigenvalue weighted by Crippen LogP contribution is 2.34. The van der Waals surface area contributed by atoms with Crippen LogP contribution in [-0.4, -0.2) is 41.1 Å². The van der Waals surface area contributed by atoms with E-state index in [1.807, 2.05) is 60.7 Å². The lowest BCUT2D eigenvalue weighted by Crippen LogP contribution is -2.26. The van der Waals surface area contributed by atoms with Crippen molar-refractivity contribution in [1.82, 2.24) is 20.3 Å². The molecule has 3 aromatic carbocycles. The van der Waals surface area contributed by atoms with Crippen molar-refractivity contribution in [3.05, 3.63) is 108 Å². The van der Waals surface area contributed by atoms with Gasteiger partial charge in [-0.3, -0.25) is 9.78 Å². The summed E-state index contributed by atoms with van der Waals surface area (Å²) >= 11 is 0. The average molecular weight is 490 g/mol. The van der Waals surface area contributed by atoms with Crippen LogP contribution in [0, 0.1) is 0 Å². The fourth-order valence-corrected chi connectivity index (χ4v) is 4.11. The third kappa shape index (κ3) is 5.63. The van der Waals surface area contributed by atoms with Crippen molar-refractivity contribution >= 4 is 22.6 Å². The monoisotopic (exact) mass is 489 g/mol. The topological polar surface area (TPSA) is 89.0 Å². The number of pyridine rings is 1. The minimum Gasteiger partial charge on any atom is -0.383 e. The number of carbonyl (C=O) groups excluding carboxylic acids is 1. The van der Waals surface area contributed by atoms with Crippen molar-refractivity contribution in [1.29, 1.82) is 0 Å². The molecule has 5 aromatic rings. The molecule has 7 heteroatoms. The number of fused-ring (bicyclic) bond motifs is 1. The highest BCUT2D eigenvalue weighted by molar-refractivity contribution is 6.02. The van der Waals surface area contributed by atoms with Crippen LogP contribution in [0.2, 0.25) is 0 Å². The van der Waals surface area contributed by atoms with Crippen LogP contribution >= 0.6 is 0 Å². The molecule has 5 rings (SSSR count). The molecule has 0 aliphatic heterocycles. The van der Waals surface area contributed by atoms with Gasteiger partial charge in [-0.15, -0.1) is 0 Å². The smallest absolute Gasteiger partial charge is 0.251 e. The first-order chi connectivity index (χ1) is 18.2. The number of nitrogens with zero attached hydrogens (tertiary/aromatic N) is 3. The zero-order chi connectivity index (χ0) is 25.5. The van der Waals surface area contributed by atoms with Crippen LogP contribution < -0.4 is 10.6 Å². The first kappa shape index (κ1) is 24.1. The van der Waals surface area contributed by atoms with E-state index < -0.39 is 0 Å². The van der Waals surface area contributed by atoms with Gasteiger partial charge in [0.1, 0.15) is 5.82 Å². The molecule has 1 amide bonds. The van der Waals surface area contributed by atoms with Crippen LogP contribution in [0.1, 0.15) is 16.1 Å². The Morgan fingerprint density at radius 1 is 0.838 bits per heavy atom. The lowest BCUT2D eigenvalue weighted by molar-refractivity contribution is 0.0937. The van der Waals surface area contributed by atoms with Crippen LogP contribution in [0.15, 0.2) is 97.2 Å². The van der Waals surface area contributed by atoms with Crippen LogP contribution in [0.3, 0.4) is 0 Å². The summed E-state index contributed by atoms with van der Waals surface area (Å²) < 4.78 is 4.99. The summed E-state index contributed by atoms with van der Waals surface area (Å²) in [6, 6.07) is 29.5. The summed E-state index contributed by atoms with van der Waals surface area (Å²) in [5.74, 6) is 1.16. The highest BCUT2D eigenvalue weighted by Gasteiger charge is 2.15. The molecule has 0 unspecified atom stereocenters. The van der Waals surface area contributed by atoms with Crippen molar-refractivity contribution in [3.8, 4) is 22.5 Å². The van der Waals surface area contributed by atoms with Gasteiger partial charge in [0.05, 0.1) is 29.7 Å². The molecule has 0 fully saturated rings. The molecule has 0 aliphatic carbocycles. The zero-order valence-corrected chi connectivity index (χ0v) is 20.5. The van der Waals surface area contributed by atoms with E-state index in [1.54, 1.807) is 25.4 Å². The lowest BCUT2D eigenvalue weighted by atomic mass is 10.0. The predicted octanol–water partition coefficient (Wildman–Crippen LogP) is 5.35. The molecule has 0 radical (unpaired) electrons. The molecule has 0 saturated heterocycles. The van der Waals surface area contributed by atoms with Crippen LogP contribution in [0.5, 0.6) is 0 Å². The van der Waals surface area contributed by atoms with E-state index in [1.165, 1.54) is 0 Å². The van der Waals surface area contributed by atoms with Gasteiger partial charge >= 0.3 is 0 Å². The molecular weight excluding hydrogens is 462 g/mol. The summed E-state index contributed by atoms with van der Waals surface area (Å²) in [5.41, 5.74) is 5.28. The molecule has 0 aliphatic rings. The molecule has 37 heavy (non-hydrogen) atoms. The number of hydrogen-bond acceptors (Lipinski definition) is 6. The number of ether oxygens (including phenoxy) is 1. The van der Waals surface area contributed by atoms with E-state index in [4.69, 9.17) is 14.7 Å². The lowest BCUT2D eigenvalue weighted by Gasteiger charge is -2.14. The van der Waals surface area contributed by atoms with Gasteiger partial charge in [0.2, 0.25) is 0 Å². The van der Waals surface area contributed by atoms with E-state index in [0.29, 0.717) is 31.1 Å². The third-order valence-corrected chi connectivity index (χ3v) is 5.97. The molecule has 0 atom stereocenters. The van der Waals surface area contributed by atoms with Gasteiger partial charge in [-0.1, -0.05) is 60.7 Å². The number of aromatic nitrogens is 3. The van der Waals surface area contributed by atoms with E-state index >= 15 is 0 Å². The summed E-state index contributed by atoms with van der Waals surface area (Å²) in [7, 11) is 1.60. The molecule has 2 N–H and O–H groups in total. The molecule has 2 aromatic heterocycles. The Kier molecular flexibility index (Phi) is 7.43. The summed E-state index contributed by atoms with van der Waals surface area (Å²) in [6.45, 7) is 1.45. The Labute approximate surface area is 215 Å². The summed E-state index contributed by atoms with van der Waals surface area (Å²) in [5, 5.41) is 7.28. The Morgan fingerprint density at radius 3 is 2.41 bits per heavy atom. The predicted molar refractivity (Wildman–Crippen MR) is 146 cm³/mol. The van der Waals surface area contributed by atoms with E-state index in [0.717, 1.165) is 39.1 Å². The van der Waals surface area contributed by atoms with Crippen molar-refractivity contribution in [2.75, 3.05) is 25.6 Å². The van der Waals surface area contributed by atoms with Gasteiger partial charge in [-0.25, -0.2) is 9.97 Å². The van der Waals surface area contributed by atoms with Gasteiger partial charge in [0, 0.05) is 31.0 Å². The Bertz CT molecular complexity index is 1490. The first-order valence-corrected chi connectivity index (χ1v) is 12.1. The van der Waals surface area contributed by atoms with Crippen molar-refractivity contribution in [2.24, 2.45) is 0 Å². The number of rotatable bonds is 9. The largest absolute Gasteiger partial charge is 0.383 e. The number of anilines is 1. The van der Waals surface area contributed by atoms with Crippen LogP contribution in [0.4, 0.5) is 5.82 Å². The van der Waals surface area contributed by atoms with E-state index in [-0.39, 0.29) is 5.91 Å². The van der Waals surface area contributed by atoms with Crippen molar-refractivity contribution in [2.45, 2.75) is 6.54 Å². The number of amides is 1. The van der Waals surface area contributed by atoms with E-state index in [2.05, 4.69) is 33.8 Å². The van der Waals surface area contributed by atoms with Gasteiger partial charge in [-0.2, -0.15) is 0 Å². The molecular formula is C30H27N5O2. The summed E-state index contributed by atoms with van der Waals surface area (Å²) in [6.07, 6.45) is 1.78. The second-order valence-corrected chi connectivity index (χ2v) is 8.46. The standard InChI is InChI=1S/C30H27N5O2/c1-37-19-18-32-30(36)23-15-13-22(14-16-23)28-34-26-12-7-11-25(21-8-3-2-4-9-21)27(26)29(35-28)33-20-24-10-5-6-17-31-24/h2-17H,18-20H2,1H3,(H,32,36)(H,33,34,35). The van der Waals surface area contributed by atoms with Crippen molar-refractivity contribution < 1.29 is 9.53 Å². The molecule has 184 valence electrons. The normalized spacial score (nSPS) is 10.8. The third-order valence-electron chi connectivity index (χ3n) is 5.97. The quantitative estimate of drug-likeness (QED) is 0.272. The molecule has 7 nitrogen and oxygen atoms in total. The Balaban J connectivity index is 1.53. The van der Waals surface area contributed by atoms with Gasteiger partial charge in [0.25, 0.3) is 5.91 Å². The second-order valence-electron chi connectivity index (χ2n) is 8.46. The number of methoxy groups -OCH3 is 1. The van der Waals surface area contributed by atoms with E-state index in [9.17, 15) is 4.79 Å². The molecule has 0 bridgehead atoms. The first-order valence-electron chi connectivity index (χ1n) is 12.1. The second kappa shape index (κ2) is 11.4. The molecule has 0 spiro atoms. The number of nitrogens with one attached hydrogen (secondary N) is 2. The van der Waals surface area contributed by atoms with Crippen molar-refractivity contribution in [3.63, 3.8) is 0 Å². The van der Waals surface area contributed by atoms with Gasteiger partial charge in [-0.05, 0) is 41.5 Å². The maximum atomic E-state index is 12.4. The maximum absolute atomic E-state index is 12.4. The fraction of sp³-hybridized carbons (Fsp3) is 0.133. The number of benzene rings is 3. The number of carbonyl (C=O) groups is 1. The molecule has 0 saturated carbocycles. The van der Waals surface area contributed by atoms with Crippen LogP contribution in [0.25, 0.3) is 33.4 Å². The maximum Gasteiger partial charge on any atom is 0.251 e. The fourth-order valence-electron chi connectivity index (χ4n) is 4.11. The Morgan fingerprint density at radius 2 is 1.65 bits per heavy atom. The molecule has 2 heterocycles. The zero-order valence-electron chi connectivity index (χ0n) is 20.5. The minimum atomic E-state index is -0.145. The summed E-state index contributed by atoms with van der Waals surface area (Å²) in [4.78, 5) is 26.6. The average Bonchev–Trinajstić information content (AvgIpc) is 2.96. The minimum absolute atomic E-state index is 0.145.